The van der Waals surface area contributed by atoms with Crippen molar-refractivity contribution in [3.63, 3.8) is 0 Å². The van der Waals surface area contributed by atoms with Crippen molar-refractivity contribution >= 4 is 11.8 Å². The molecule has 2 aromatic carbocycles. The van der Waals surface area contributed by atoms with Crippen LogP contribution in [0.25, 0.3) is 5.69 Å². The van der Waals surface area contributed by atoms with Crippen LogP contribution in [-0.2, 0) is 12.7 Å². The first-order valence-corrected chi connectivity index (χ1v) is 9.66. The van der Waals surface area contributed by atoms with E-state index in [2.05, 4.69) is 5.10 Å². The fourth-order valence-corrected chi connectivity index (χ4v) is 3.22. The van der Waals surface area contributed by atoms with E-state index in [-0.39, 0.29) is 22.4 Å². The van der Waals surface area contributed by atoms with Crippen molar-refractivity contribution in [2.75, 3.05) is 0 Å². The number of amides is 2. The van der Waals surface area contributed by atoms with E-state index in [9.17, 15) is 31.5 Å². The summed E-state index contributed by atoms with van der Waals surface area (Å²) in [4.78, 5) is 25.8. The fourth-order valence-electron chi connectivity index (χ4n) is 3.22. The molecule has 2 heterocycles. The van der Waals surface area contributed by atoms with E-state index in [1.54, 1.807) is 12.1 Å². The zero-order valence-electron chi connectivity index (χ0n) is 17.0. The predicted molar refractivity (Wildman–Crippen MR) is 106 cm³/mol. The molecule has 0 fully saturated rings. The van der Waals surface area contributed by atoms with Crippen molar-refractivity contribution < 1.29 is 31.5 Å². The summed E-state index contributed by atoms with van der Waals surface area (Å²) in [6.45, 7) is 3.56. The highest BCUT2D eigenvalue weighted by atomic mass is 19.4. The highest BCUT2D eigenvalue weighted by molar-refractivity contribution is 6.21. The summed E-state index contributed by atoms with van der Waals surface area (Å²) in [5, 5.41) is 3.75. The van der Waals surface area contributed by atoms with Gasteiger partial charge in [0.15, 0.2) is 0 Å². The van der Waals surface area contributed by atoms with Gasteiger partial charge in [0.25, 0.3) is 18.2 Å². The predicted octanol–water partition coefficient (Wildman–Crippen LogP) is 5.65. The average molecular weight is 451 g/mol. The highest BCUT2D eigenvalue weighted by Crippen LogP contribution is 2.31. The van der Waals surface area contributed by atoms with Gasteiger partial charge in [-0.3, -0.25) is 14.5 Å². The number of hydrogen-bond acceptors (Lipinski definition) is 3. The van der Waals surface area contributed by atoms with Crippen LogP contribution in [0.15, 0.2) is 54.7 Å². The number of aromatic nitrogens is 2. The van der Waals surface area contributed by atoms with Gasteiger partial charge in [-0.1, -0.05) is 26.0 Å². The maximum absolute atomic E-state index is 13.5. The Morgan fingerprint density at radius 2 is 1.44 bits per heavy atom. The third kappa shape index (κ3) is 4.25. The average Bonchev–Trinajstić information content (AvgIpc) is 3.31. The topological polar surface area (TPSA) is 55.2 Å². The minimum absolute atomic E-state index is 0.0839. The molecule has 0 aliphatic carbocycles. The quantitative estimate of drug-likeness (QED) is 0.381. The summed E-state index contributed by atoms with van der Waals surface area (Å²) in [5.41, 5.74) is -1.16. The molecule has 0 saturated heterocycles. The number of benzene rings is 2. The molecule has 32 heavy (non-hydrogen) atoms. The lowest BCUT2D eigenvalue weighted by molar-refractivity contribution is -0.137. The number of carbonyl (C=O) groups excluding carboxylic acids is 2. The van der Waals surface area contributed by atoms with Crippen molar-refractivity contribution in [3.05, 3.63) is 82.7 Å². The van der Waals surface area contributed by atoms with Gasteiger partial charge >= 0.3 is 6.18 Å². The van der Waals surface area contributed by atoms with Crippen LogP contribution < -0.4 is 0 Å². The summed E-state index contributed by atoms with van der Waals surface area (Å²) >= 11 is 0. The Hall–Kier alpha value is -3.56. The number of rotatable bonds is 4. The van der Waals surface area contributed by atoms with Gasteiger partial charge in [0.1, 0.15) is 5.69 Å². The second kappa shape index (κ2) is 8.89. The number of imide groups is 1. The Morgan fingerprint density at radius 1 is 0.906 bits per heavy atom. The Morgan fingerprint density at radius 3 is 1.91 bits per heavy atom. The van der Waals surface area contributed by atoms with E-state index in [1.165, 1.54) is 18.3 Å². The number of alkyl halides is 5. The molecular formula is C22H18F5N3O2. The molecule has 1 aromatic heterocycles. The maximum Gasteiger partial charge on any atom is 0.416 e. The summed E-state index contributed by atoms with van der Waals surface area (Å²) in [5.74, 6) is -1.23. The summed E-state index contributed by atoms with van der Waals surface area (Å²) in [6.07, 6.45) is -6.37. The van der Waals surface area contributed by atoms with Crippen molar-refractivity contribution in [2.45, 2.75) is 33.0 Å². The van der Waals surface area contributed by atoms with Crippen LogP contribution >= 0.6 is 0 Å². The standard InChI is InChI=1S/C20H12F5N3O2.C2H6/c21-17(22)16-11(9-27-18(29)14-3-1-2-4-15(14)19(27)30)10-28(26-16)13-7-5-12(6-8-13)20(23,24)25;1-2/h1-8,10,17H,9H2;1-2H3. The van der Waals surface area contributed by atoms with Crippen LogP contribution in [0.3, 0.4) is 0 Å². The Balaban J connectivity index is 0.00000141. The van der Waals surface area contributed by atoms with Crippen LogP contribution in [-0.4, -0.2) is 26.5 Å². The zero-order chi connectivity index (χ0) is 23.6. The zero-order valence-corrected chi connectivity index (χ0v) is 17.0. The molecule has 0 saturated carbocycles. The largest absolute Gasteiger partial charge is 0.416 e. The number of carbonyl (C=O) groups is 2. The maximum atomic E-state index is 13.5. The molecular weight excluding hydrogens is 433 g/mol. The molecule has 168 valence electrons. The number of nitrogens with zero attached hydrogens (tertiary/aromatic N) is 3. The molecule has 0 bridgehead atoms. The SMILES string of the molecule is CC.O=C1c2ccccc2C(=O)N1Cc1cn(-c2ccc(C(F)(F)F)cc2)nc1C(F)F. The van der Waals surface area contributed by atoms with Crippen molar-refractivity contribution in [1.29, 1.82) is 0 Å². The molecule has 0 atom stereocenters. The van der Waals surface area contributed by atoms with Gasteiger partial charge in [0.05, 0.1) is 28.9 Å². The first-order valence-electron chi connectivity index (χ1n) is 9.66. The third-order valence-corrected chi connectivity index (χ3v) is 4.70. The van der Waals surface area contributed by atoms with Crippen LogP contribution in [0.4, 0.5) is 22.0 Å². The van der Waals surface area contributed by atoms with Gasteiger partial charge in [-0.25, -0.2) is 13.5 Å². The van der Waals surface area contributed by atoms with Gasteiger partial charge in [0.2, 0.25) is 0 Å². The van der Waals surface area contributed by atoms with Crippen molar-refractivity contribution in [1.82, 2.24) is 14.7 Å². The van der Waals surface area contributed by atoms with E-state index >= 15 is 0 Å². The van der Waals surface area contributed by atoms with E-state index < -0.39 is 42.2 Å². The van der Waals surface area contributed by atoms with Gasteiger partial charge in [-0.15, -0.1) is 0 Å². The summed E-state index contributed by atoms with van der Waals surface area (Å²) in [6, 6.07) is 9.91. The normalized spacial score (nSPS) is 13.3. The van der Waals surface area contributed by atoms with Crippen LogP contribution in [0.1, 0.15) is 57.8 Å². The van der Waals surface area contributed by atoms with Crippen LogP contribution in [0.2, 0.25) is 0 Å². The third-order valence-electron chi connectivity index (χ3n) is 4.70. The lowest BCUT2D eigenvalue weighted by Crippen LogP contribution is -2.29. The highest BCUT2D eigenvalue weighted by Gasteiger charge is 2.36. The molecule has 2 amide bonds. The van der Waals surface area contributed by atoms with Crippen molar-refractivity contribution in [3.8, 4) is 5.69 Å². The molecule has 0 N–H and O–H groups in total. The molecule has 3 aromatic rings. The minimum Gasteiger partial charge on any atom is -0.270 e. The molecule has 0 unspecified atom stereocenters. The number of hydrogen-bond donors (Lipinski definition) is 0. The lowest BCUT2D eigenvalue weighted by atomic mass is 10.1. The second-order valence-corrected chi connectivity index (χ2v) is 6.57. The monoisotopic (exact) mass is 451 g/mol. The Bertz CT molecular complexity index is 1100. The van der Waals surface area contributed by atoms with Crippen LogP contribution in [0.5, 0.6) is 0 Å². The Labute approximate surface area is 180 Å². The molecule has 4 rings (SSSR count). The van der Waals surface area contributed by atoms with Gasteiger partial charge in [-0.05, 0) is 36.4 Å². The van der Waals surface area contributed by atoms with E-state index in [1.807, 2.05) is 13.8 Å². The first-order chi connectivity index (χ1) is 15.2. The number of fused-ring (bicyclic) bond motifs is 1. The Kier molecular flexibility index (Phi) is 6.42. The summed E-state index contributed by atoms with van der Waals surface area (Å²) < 4.78 is 66.1. The smallest absolute Gasteiger partial charge is 0.270 e. The molecule has 1 aliphatic heterocycles. The summed E-state index contributed by atoms with van der Waals surface area (Å²) in [7, 11) is 0. The lowest BCUT2D eigenvalue weighted by Gasteiger charge is -2.13. The number of halogens is 5. The van der Waals surface area contributed by atoms with E-state index in [0.29, 0.717) is 0 Å². The first kappa shape index (κ1) is 23.1. The minimum atomic E-state index is -4.53. The van der Waals surface area contributed by atoms with Gasteiger partial charge in [-0.2, -0.15) is 18.3 Å². The molecule has 0 radical (unpaired) electrons. The van der Waals surface area contributed by atoms with E-state index in [4.69, 9.17) is 0 Å². The van der Waals surface area contributed by atoms with Crippen LogP contribution in [0, 0.1) is 0 Å². The van der Waals surface area contributed by atoms with Crippen molar-refractivity contribution in [2.24, 2.45) is 0 Å². The van der Waals surface area contributed by atoms with Gasteiger partial charge < -0.3 is 0 Å². The molecule has 0 spiro atoms. The molecule has 1 aliphatic rings. The van der Waals surface area contributed by atoms with Gasteiger partial charge in [0, 0.05) is 11.8 Å². The fraction of sp³-hybridized carbons (Fsp3) is 0.227. The second-order valence-electron chi connectivity index (χ2n) is 6.57. The molecule has 10 heteroatoms. The molecule has 5 nitrogen and oxygen atoms in total. The van der Waals surface area contributed by atoms with E-state index in [0.717, 1.165) is 33.8 Å².